The molecule has 0 bridgehead atoms. The van der Waals surface area contributed by atoms with E-state index in [-0.39, 0.29) is 4.90 Å². The summed E-state index contributed by atoms with van der Waals surface area (Å²) < 4.78 is 36.7. The maximum atomic E-state index is 12.2. The van der Waals surface area contributed by atoms with Crippen LogP contribution in [0.15, 0.2) is 29.2 Å². The van der Waals surface area contributed by atoms with Crippen molar-refractivity contribution in [3.8, 4) is 5.40 Å². The lowest BCUT2D eigenvalue weighted by molar-refractivity contribution is -0.139. The van der Waals surface area contributed by atoms with Crippen molar-refractivity contribution in [2.24, 2.45) is 0 Å². The predicted molar refractivity (Wildman–Crippen MR) is 42.9 cm³/mol. The third-order valence-corrected chi connectivity index (χ3v) is 2.02. The Hall–Kier alpha value is -1.15. The zero-order valence-electron chi connectivity index (χ0n) is 6.30. The van der Waals surface area contributed by atoms with Gasteiger partial charge in [0.05, 0.1) is 5.56 Å². The highest BCUT2D eigenvalue weighted by atomic mass is 32.2. The van der Waals surface area contributed by atoms with E-state index in [0.29, 0.717) is 11.8 Å². The molecule has 0 spiro atoms. The summed E-state index contributed by atoms with van der Waals surface area (Å²) in [6.07, 6.45) is -4.39. The third-order valence-electron chi connectivity index (χ3n) is 1.35. The van der Waals surface area contributed by atoms with Gasteiger partial charge in [-0.3, -0.25) is 0 Å². The van der Waals surface area contributed by atoms with Gasteiger partial charge in [-0.25, -0.2) is 0 Å². The van der Waals surface area contributed by atoms with Crippen LogP contribution in [0.1, 0.15) is 5.56 Å². The molecular formula is C8H4F3NS. The fourth-order valence-corrected chi connectivity index (χ4v) is 1.38. The van der Waals surface area contributed by atoms with Gasteiger partial charge in [0.1, 0.15) is 5.40 Å². The van der Waals surface area contributed by atoms with Crippen molar-refractivity contribution in [2.45, 2.75) is 11.1 Å². The number of nitrogens with zero attached hydrogens (tertiary/aromatic N) is 1. The van der Waals surface area contributed by atoms with Crippen molar-refractivity contribution in [1.82, 2.24) is 0 Å². The van der Waals surface area contributed by atoms with Gasteiger partial charge in [-0.2, -0.15) is 18.4 Å². The van der Waals surface area contributed by atoms with Crippen LogP contribution in [0.5, 0.6) is 0 Å². The molecule has 0 radical (unpaired) electrons. The Morgan fingerprint density at radius 2 is 1.85 bits per heavy atom. The molecule has 1 aromatic carbocycles. The number of rotatable bonds is 1. The molecule has 0 heterocycles. The van der Waals surface area contributed by atoms with Gasteiger partial charge < -0.3 is 0 Å². The lowest BCUT2D eigenvalue weighted by Crippen LogP contribution is -2.05. The largest absolute Gasteiger partial charge is 0.417 e. The first-order chi connectivity index (χ1) is 6.05. The Morgan fingerprint density at radius 3 is 2.38 bits per heavy atom. The Kier molecular flexibility index (Phi) is 2.83. The molecule has 0 fully saturated rings. The molecule has 0 amide bonds. The van der Waals surface area contributed by atoms with Crippen molar-refractivity contribution >= 4 is 11.8 Å². The van der Waals surface area contributed by atoms with Gasteiger partial charge in [0.15, 0.2) is 0 Å². The van der Waals surface area contributed by atoms with Crippen molar-refractivity contribution in [3.05, 3.63) is 29.8 Å². The van der Waals surface area contributed by atoms with Crippen LogP contribution in [0.3, 0.4) is 0 Å². The summed E-state index contributed by atoms with van der Waals surface area (Å²) in [6, 6.07) is 5.00. The zero-order valence-corrected chi connectivity index (χ0v) is 7.12. The Morgan fingerprint density at radius 1 is 1.23 bits per heavy atom. The average molecular weight is 203 g/mol. The fraction of sp³-hybridized carbons (Fsp3) is 0.125. The van der Waals surface area contributed by atoms with Crippen molar-refractivity contribution in [2.75, 3.05) is 0 Å². The van der Waals surface area contributed by atoms with Gasteiger partial charge in [0.2, 0.25) is 0 Å². The second kappa shape index (κ2) is 3.71. The van der Waals surface area contributed by atoms with Gasteiger partial charge >= 0.3 is 6.18 Å². The first-order valence-electron chi connectivity index (χ1n) is 3.28. The molecule has 0 aliphatic carbocycles. The Bertz CT molecular complexity index is 340. The third kappa shape index (κ3) is 2.39. The van der Waals surface area contributed by atoms with Crippen molar-refractivity contribution in [3.63, 3.8) is 0 Å². The monoisotopic (exact) mass is 203 g/mol. The van der Waals surface area contributed by atoms with Crippen LogP contribution < -0.4 is 0 Å². The number of thiocyanates is 1. The SMILES string of the molecule is N#CSc1ccccc1C(F)(F)F. The summed E-state index contributed by atoms with van der Waals surface area (Å²) in [7, 11) is 0. The minimum absolute atomic E-state index is 0.0579. The highest BCUT2D eigenvalue weighted by Crippen LogP contribution is 2.35. The van der Waals surface area contributed by atoms with Crippen LogP contribution in [-0.4, -0.2) is 0 Å². The molecule has 1 rings (SSSR count). The summed E-state index contributed by atoms with van der Waals surface area (Å²) in [5.41, 5.74) is -0.762. The van der Waals surface area contributed by atoms with Gasteiger partial charge in [-0.1, -0.05) is 12.1 Å². The second-order valence-electron chi connectivity index (χ2n) is 2.19. The predicted octanol–water partition coefficient (Wildman–Crippen LogP) is 3.28. The van der Waals surface area contributed by atoms with Crippen LogP contribution in [0, 0.1) is 10.7 Å². The molecule has 0 aliphatic rings. The molecule has 0 N–H and O–H groups in total. The Labute approximate surface area is 77.2 Å². The van der Waals surface area contributed by atoms with Gasteiger partial charge in [0, 0.05) is 4.90 Å². The van der Waals surface area contributed by atoms with Crippen molar-refractivity contribution in [1.29, 1.82) is 5.26 Å². The zero-order chi connectivity index (χ0) is 9.90. The van der Waals surface area contributed by atoms with Crippen LogP contribution in [-0.2, 0) is 6.18 Å². The van der Waals surface area contributed by atoms with E-state index in [4.69, 9.17) is 5.26 Å². The molecule has 0 saturated carbocycles. The van der Waals surface area contributed by atoms with E-state index in [1.807, 2.05) is 0 Å². The van der Waals surface area contributed by atoms with Crippen LogP contribution in [0.4, 0.5) is 13.2 Å². The van der Waals surface area contributed by atoms with E-state index in [1.54, 1.807) is 5.40 Å². The second-order valence-corrected chi connectivity index (χ2v) is 3.01. The van der Waals surface area contributed by atoms with Crippen LogP contribution in [0.25, 0.3) is 0 Å². The highest BCUT2D eigenvalue weighted by Gasteiger charge is 2.33. The maximum absolute atomic E-state index is 12.2. The molecular weight excluding hydrogens is 199 g/mol. The molecule has 1 aromatic rings. The standard InChI is InChI=1S/C8H4F3NS/c9-8(10,11)6-3-1-2-4-7(6)13-5-12/h1-4H. The number of nitriles is 1. The topological polar surface area (TPSA) is 23.8 Å². The number of thioether (sulfide) groups is 1. The van der Waals surface area contributed by atoms with Crippen LogP contribution in [0.2, 0.25) is 0 Å². The van der Waals surface area contributed by atoms with Crippen molar-refractivity contribution < 1.29 is 13.2 Å². The van der Waals surface area contributed by atoms with E-state index < -0.39 is 11.7 Å². The minimum atomic E-state index is -4.39. The fourth-order valence-electron chi connectivity index (χ4n) is 0.839. The molecule has 68 valence electrons. The first-order valence-corrected chi connectivity index (χ1v) is 4.09. The molecule has 1 nitrogen and oxygen atoms in total. The summed E-state index contributed by atoms with van der Waals surface area (Å²) in [5.74, 6) is 0. The smallest absolute Gasteiger partial charge is 0.185 e. The van der Waals surface area contributed by atoms with Crippen LogP contribution >= 0.6 is 11.8 Å². The lowest BCUT2D eigenvalue weighted by Gasteiger charge is -2.08. The molecule has 0 atom stereocenters. The minimum Gasteiger partial charge on any atom is -0.185 e. The molecule has 0 unspecified atom stereocenters. The number of alkyl halides is 3. The van der Waals surface area contributed by atoms with Gasteiger partial charge in [-0.05, 0) is 23.9 Å². The number of halogens is 3. The van der Waals surface area contributed by atoms with Gasteiger partial charge in [0.25, 0.3) is 0 Å². The van der Waals surface area contributed by atoms with E-state index in [2.05, 4.69) is 0 Å². The first kappa shape index (κ1) is 9.93. The van der Waals surface area contributed by atoms with E-state index in [1.165, 1.54) is 18.2 Å². The highest BCUT2D eigenvalue weighted by molar-refractivity contribution is 8.03. The quantitative estimate of drug-likeness (QED) is 0.516. The lowest BCUT2D eigenvalue weighted by atomic mass is 10.2. The molecule has 0 aromatic heterocycles. The summed E-state index contributed by atoms with van der Waals surface area (Å²) in [4.78, 5) is -0.0579. The normalized spacial score (nSPS) is 10.9. The number of hydrogen-bond donors (Lipinski definition) is 0. The van der Waals surface area contributed by atoms with E-state index >= 15 is 0 Å². The average Bonchev–Trinajstić information content (AvgIpc) is 2.04. The number of benzene rings is 1. The molecule has 13 heavy (non-hydrogen) atoms. The Balaban J connectivity index is 3.14. The molecule has 0 saturated heterocycles. The maximum Gasteiger partial charge on any atom is 0.417 e. The molecule has 0 aliphatic heterocycles. The van der Waals surface area contributed by atoms with E-state index in [9.17, 15) is 13.2 Å². The van der Waals surface area contributed by atoms with Gasteiger partial charge in [-0.15, -0.1) is 0 Å². The summed E-state index contributed by atoms with van der Waals surface area (Å²) in [6.45, 7) is 0. The molecule has 5 heteroatoms. The number of hydrogen-bond acceptors (Lipinski definition) is 2. The summed E-state index contributed by atoms with van der Waals surface area (Å²) in [5, 5.41) is 9.87. The summed E-state index contributed by atoms with van der Waals surface area (Å²) >= 11 is 0.514. The van der Waals surface area contributed by atoms with E-state index in [0.717, 1.165) is 6.07 Å².